The molecule has 0 saturated heterocycles. The van der Waals surface area contributed by atoms with E-state index in [-0.39, 0.29) is 6.10 Å². The van der Waals surface area contributed by atoms with Crippen LogP contribution < -0.4 is 10.1 Å². The van der Waals surface area contributed by atoms with Crippen molar-refractivity contribution in [2.24, 2.45) is 0 Å². The molecule has 1 N–H and O–H groups in total. The molecule has 21 heavy (non-hydrogen) atoms. The molecule has 1 heterocycles. The number of anilines is 1. The third kappa shape index (κ3) is 3.03. The predicted molar refractivity (Wildman–Crippen MR) is 86.6 cm³/mol. The lowest BCUT2D eigenvalue weighted by molar-refractivity contribution is 0.246. The first-order chi connectivity index (χ1) is 10.2. The number of nitrogens with zero attached hydrogens (tertiary/aromatic N) is 1. The minimum Gasteiger partial charge on any atom is -0.488 e. The van der Waals surface area contributed by atoms with E-state index in [4.69, 9.17) is 10.00 Å². The van der Waals surface area contributed by atoms with Crippen LogP contribution in [0, 0.1) is 18.3 Å². The summed E-state index contributed by atoms with van der Waals surface area (Å²) in [4.78, 5) is 0. The van der Waals surface area contributed by atoms with Gasteiger partial charge in [0.15, 0.2) is 0 Å². The van der Waals surface area contributed by atoms with Gasteiger partial charge >= 0.3 is 0 Å². The highest BCUT2D eigenvalue weighted by Gasteiger charge is 2.22. The molecule has 3 nitrogen and oxygen atoms in total. The van der Waals surface area contributed by atoms with E-state index >= 15 is 0 Å². The summed E-state index contributed by atoms with van der Waals surface area (Å²) in [5.41, 5.74) is 4.03. The van der Waals surface area contributed by atoms with Gasteiger partial charge in [-0.25, -0.2) is 0 Å². The van der Waals surface area contributed by atoms with Gasteiger partial charge in [0.2, 0.25) is 0 Å². The minimum atomic E-state index is 0.124. The van der Waals surface area contributed by atoms with Gasteiger partial charge in [0.25, 0.3) is 0 Å². The van der Waals surface area contributed by atoms with Crippen LogP contribution in [0.5, 0.6) is 5.75 Å². The Morgan fingerprint density at radius 2 is 2.19 bits per heavy atom. The molecule has 3 rings (SSSR count). The van der Waals surface area contributed by atoms with Gasteiger partial charge in [-0.3, -0.25) is 0 Å². The van der Waals surface area contributed by atoms with Crippen molar-refractivity contribution >= 4 is 21.6 Å². The molecule has 0 radical (unpaired) electrons. The third-order valence-electron chi connectivity index (χ3n) is 3.65. The molecule has 2 aromatic rings. The molecule has 2 aromatic carbocycles. The summed E-state index contributed by atoms with van der Waals surface area (Å²) in [6, 6.07) is 13.9. The van der Waals surface area contributed by atoms with E-state index in [0.29, 0.717) is 5.56 Å². The highest BCUT2D eigenvalue weighted by atomic mass is 79.9. The SMILES string of the molecule is Cc1ccc(C#N)cc1NCC1Cc2cc(Br)ccc2O1. The van der Waals surface area contributed by atoms with Gasteiger partial charge < -0.3 is 10.1 Å². The maximum absolute atomic E-state index is 8.97. The summed E-state index contributed by atoms with van der Waals surface area (Å²) in [7, 11) is 0. The molecule has 0 aromatic heterocycles. The molecular formula is C17H15BrN2O. The van der Waals surface area contributed by atoms with E-state index in [0.717, 1.165) is 34.4 Å². The van der Waals surface area contributed by atoms with E-state index in [1.165, 1.54) is 5.56 Å². The second-order valence-corrected chi connectivity index (χ2v) is 6.13. The number of ether oxygens (including phenoxy) is 1. The van der Waals surface area contributed by atoms with Crippen molar-refractivity contribution in [1.82, 2.24) is 0 Å². The van der Waals surface area contributed by atoms with E-state index in [9.17, 15) is 0 Å². The van der Waals surface area contributed by atoms with Crippen LogP contribution in [0.2, 0.25) is 0 Å². The first-order valence-corrected chi connectivity index (χ1v) is 7.65. The number of aryl methyl sites for hydroxylation is 1. The first-order valence-electron chi connectivity index (χ1n) is 6.85. The number of halogens is 1. The Kier molecular flexibility index (Phi) is 3.85. The summed E-state index contributed by atoms with van der Waals surface area (Å²) in [5.74, 6) is 0.965. The van der Waals surface area contributed by atoms with E-state index in [2.05, 4.69) is 33.4 Å². The number of fused-ring (bicyclic) bond motifs is 1. The van der Waals surface area contributed by atoms with Crippen molar-refractivity contribution in [2.45, 2.75) is 19.4 Å². The second-order valence-electron chi connectivity index (χ2n) is 5.22. The summed E-state index contributed by atoms with van der Waals surface area (Å²) in [5, 5.41) is 12.4. The second kappa shape index (κ2) is 5.79. The number of nitriles is 1. The fourth-order valence-corrected chi connectivity index (χ4v) is 2.92. The van der Waals surface area contributed by atoms with E-state index in [1.54, 1.807) is 0 Å². The topological polar surface area (TPSA) is 45.0 Å². The standard InChI is InChI=1S/C17H15BrN2O/c1-11-2-3-12(9-19)6-16(11)20-10-15-8-13-7-14(18)4-5-17(13)21-15/h2-7,15,20H,8,10H2,1H3. The van der Waals surface area contributed by atoms with Crippen LogP contribution in [0.15, 0.2) is 40.9 Å². The number of benzene rings is 2. The van der Waals surface area contributed by atoms with Crippen LogP contribution >= 0.6 is 15.9 Å². The normalized spacial score (nSPS) is 16.0. The summed E-state index contributed by atoms with van der Waals surface area (Å²) in [6.07, 6.45) is 1.03. The van der Waals surface area contributed by atoms with E-state index in [1.807, 2.05) is 37.3 Å². The molecule has 4 heteroatoms. The minimum absolute atomic E-state index is 0.124. The molecule has 1 atom stereocenters. The lowest BCUT2D eigenvalue weighted by Gasteiger charge is -2.14. The monoisotopic (exact) mass is 342 g/mol. The van der Waals surface area contributed by atoms with E-state index < -0.39 is 0 Å². The lowest BCUT2D eigenvalue weighted by Crippen LogP contribution is -2.24. The highest BCUT2D eigenvalue weighted by molar-refractivity contribution is 9.10. The molecule has 0 saturated carbocycles. The lowest BCUT2D eigenvalue weighted by atomic mass is 10.1. The summed E-state index contributed by atoms with van der Waals surface area (Å²) >= 11 is 3.48. The van der Waals surface area contributed by atoms with Crippen LogP contribution in [0.25, 0.3) is 0 Å². The number of hydrogen-bond donors (Lipinski definition) is 1. The molecule has 0 spiro atoms. The molecular weight excluding hydrogens is 328 g/mol. The van der Waals surface area contributed by atoms with Gasteiger partial charge in [-0.15, -0.1) is 0 Å². The zero-order chi connectivity index (χ0) is 14.8. The maximum atomic E-state index is 8.97. The highest BCUT2D eigenvalue weighted by Crippen LogP contribution is 2.31. The number of rotatable bonds is 3. The Hall–Kier alpha value is -1.99. The van der Waals surface area contributed by atoms with Gasteiger partial charge in [-0.1, -0.05) is 22.0 Å². The van der Waals surface area contributed by atoms with Gasteiger partial charge in [-0.05, 0) is 48.4 Å². The quantitative estimate of drug-likeness (QED) is 0.915. The zero-order valence-electron chi connectivity index (χ0n) is 11.7. The predicted octanol–water partition coefficient (Wildman–Crippen LogP) is 4.04. The smallest absolute Gasteiger partial charge is 0.123 e. The van der Waals surface area contributed by atoms with Crippen LogP contribution in [-0.4, -0.2) is 12.6 Å². The molecule has 1 aliphatic heterocycles. The van der Waals surface area contributed by atoms with Crippen molar-refractivity contribution in [3.05, 3.63) is 57.6 Å². The van der Waals surface area contributed by atoms with Gasteiger partial charge in [0, 0.05) is 16.6 Å². The average molecular weight is 343 g/mol. The summed E-state index contributed by atoms with van der Waals surface area (Å²) < 4.78 is 7.01. The van der Waals surface area contributed by atoms with Crippen molar-refractivity contribution in [3.8, 4) is 11.8 Å². The fourth-order valence-electron chi connectivity index (χ4n) is 2.51. The number of nitrogens with one attached hydrogen (secondary N) is 1. The Morgan fingerprint density at radius 3 is 3.00 bits per heavy atom. The summed E-state index contributed by atoms with van der Waals surface area (Å²) in [6.45, 7) is 2.76. The average Bonchev–Trinajstić information content (AvgIpc) is 2.88. The fraction of sp³-hybridized carbons (Fsp3) is 0.235. The number of hydrogen-bond acceptors (Lipinski definition) is 3. The van der Waals surface area contributed by atoms with Gasteiger partial charge in [0.05, 0.1) is 18.2 Å². The molecule has 1 aliphatic rings. The molecule has 0 bridgehead atoms. The Labute approximate surface area is 132 Å². The zero-order valence-corrected chi connectivity index (χ0v) is 13.3. The molecule has 1 unspecified atom stereocenters. The molecule has 0 amide bonds. The Balaban J connectivity index is 1.66. The Bertz CT molecular complexity index is 721. The maximum Gasteiger partial charge on any atom is 0.123 e. The van der Waals surface area contributed by atoms with Crippen LogP contribution in [0.1, 0.15) is 16.7 Å². The molecule has 106 valence electrons. The van der Waals surface area contributed by atoms with Crippen molar-refractivity contribution in [1.29, 1.82) is 5.26 Å². The molecule has 0 fully saturated rings. The van der Waals surface area contributed by atoms with Gasteiger partial charge in [0.1, 0.15) is 11.9 Å². The van der Waals surface area contributed by atoms with Crippen LogP contribution in [-0.2, 0) is 6.42 Å². The van der Waals surface area contributed by atoms with Gasteiger partial charge in [-0.2, -0.15) is 5.26 Å². The molecule has 0 aliphatic carbocycles. The van der Waals surface area contributed by atoms with Crippen molar-refractivity contribution in [2.75, 3.05) is 11.9 Å². The van der Waals surface area contributed by atoms with Crippen molar-refractivity contribution < 1.29 is 4.74 Å². The van der Waals surface area contributed by atoms with Crippen molar-refractivity contribution in [3.63, 3.8) is 0 Å². The van der Waals surface area contributed by atoms with Crippen LogP contribution in [0.4, 0.5) is 5.69 Å². The van der Waals surface area contributed by atoms with Crippen LogP contribution in [0.3, 0.4) is 0 Å². The first kappa shape index (κ1) is 14.0. The third-order valence-corrected chi connectivity index (χ3v) is 4.14. The Morgan fingerprint density at radius 1 is 1.33 bits per heavy atom. The largest absolute Gasteiger partial charge is 0.488 e.